The van der Waals surface area contributed by atoms with Crippen LogP contribution in [0.4, 0.5) is 11.4 Å². The van der Waals surface area contributed by atoms with E-state index in [0.29, 0.717) is 18.8 Å². The second kappa shape index (κ2) is 6.10. The lowest BCUT2D eigenvalue weighted by Crippen LogP contribution is -2.49. The number of nitrogens with zero attached hydrogens (tertiary/aromatic N) is 3. The Labute approximate surface area is 152 Å². The second-order valence-electron chi connectivity index (χ2n) is 7.30. The number of anilines is 2. The Morgan fingerprint density at radius 1 is 1.19 bits per heavy atom. The molecule has 2 aromatic rings. The summed E-state index contributed by atoms with van der Waals surface area (Å²) in [6.07, 6.45) is 1.97. The van der Waals surface area contributed by atoms with Crippen LogP contribution in [0.25, 0.3) is 0 Å². The van der Waals surface area contributed by atoms with Crippen LogP contribution in [0.2, 0.25) is 0 Å². The van der Waals surface area contributed by atoms with Crippen LogP contribution in [0, 0.1) is 0 Å². The van der Waals surface area contributed by atoms with E-state index in [-0.39, 0.29) is 11.5 Å². The van der Waals surface area contributed by atoms with Crippen molar-refractivity contribution in [3.05, 3.63) is 41.7 Å². The van der Waals surface area contributed by atoms with Gasteiger partial charge in [-0.05, 0) is 44.1 Å². The minimum Gasteiger partial charge on any atom is -0.382 e. The van der Waals surface area contributed by atoms with Crippen LogP contribution in [-0.4, -0.2) is 47.5 Å². The van der Waals surface area contributed by atoms with E-state index in [0.717, 1.165) is 56.1 Å². The first-order chi connectivity index (χ1) is 12.7. The standard InChI is InChI=1S/C19H23N5O2/c25-18(23-10-9-21-15-3-1-2-4-17(15)23)16-11-14-12-26-19(13-24(14)22-16)5-7-20-8-6-19/h1-4,11,20-21H,5-10,12-13H2. The Hall–Kier alpha value is -2.38. The molecule has 1 fully saturated rings. The van der Waals surface area contributed by atoms with E-state index in [2.05, 4.69) is 15.7 Å². The first kappa shape index (κ1) is 15.8. The van der Waals surface area contributed by atoms with Gasteiger partial charge in [0.15, 0.2) is 5.69 Å². The zero-order valence-corrected chi connectivity index (χ0v) is 14.7. The molecule has 0 saturated carbocycles. The van der Waals surface area contributed by atoms with E-state index in [1.165, 1.54) is 0 Å². The van der Waals surface area contributed by atoms with Crippen molar-refractivity contribution in [3.8, 4) is 0 Å². The molecule has 7 nitrogen and oxygen atoms in total. The molecule has 1 aromatic heterocycles. The molecular weight excluding hydrogens is 330 g/mol. The number of ether oxygens (including phenoxy) is 1. The molecule has 0 unspecified atom stereocenters. The maximum atomic E-state index is 13.1. The lowest BCUT2D eigenvalue weighted by atomic mass is 9.91. The van der Waals surface area contributed by atoms with Gasteiger partial charge in [0.05, 0.1) is 35.8 Å². The van der Waals surface area contributed by atoms with Crippen molar-refractivity contribution in [2.75, 3.05) is 36.4 Å². The molecule has 4 heterocycles. The summed E-state index contributed by atoms with van der Waals surface area (Å²) in [6.45, 7) is 4.59. The molecule has 0 aliphatic carbocycles. The van der Waals surface area contributed by atoms with Gasteiger partial charge in [-0.2, -0.15) is 5.10 Å². The van der Waals surface area contributed by atoms with E-state index < -0.39 is 0 Å². The van der Waals surface area contributed by atoms with Crippen LogP contribution in [0.5, 0.6) is 0 Å². The summed E-state index contributed by atoms with van der Waals surface area (Å²) in [7, 11) is 0. The lowest BCUT2D eigenvalue weighted by Gasteiger charge is -2.40. The molecule has 0 radical (unpaired) electrons. The Morgan fingerprint density at radius 2 is 2.04 bits per heavy atom. The number of fused-ring (bicyclic) bond motifs is 2. The van der Waals surface area contributed by atoms with Crippen LogP contribution >= 0.6 is 0 Å². The number of carbonyl (C=O) groups is 1. The fourth-order valence-corrected chi connectivity index (χ4v) is 4.17. The molecule has 7 heteroatoms. The summed E-state index contributed by atoms with van der Waals surface area (Å²) < 4.78 is 8.17. The summed E-state index contributed by atoms with van der Waals surface area (Å²) >= 11 is 0. The van der Waals surface area contributed by atoms with E-state index in [9.17, 15) is 4.79 Å². The summed E-state index contributed by atoms with van der Waals surface area (Å²) in [6, 6.07) is 9.80. The minimum absolute atomic E-state index is 0.0415. The van der Waals surface area contributed by atoms with Crippen LogP contribution in [0.3, 0.4) is 0 Å². The molecule has 136 valence electrons. The van der Waals surface area contributed by atoms with Gasteiger partial charge in [-0.1, -0.05) is 12.1 Å². The van der Waals surface area contributed by atoms with E-state index in [4.69, 9.17) is 4.74 Å². The van der Waals surface area contributed by atoms with E-state index in [1.807, 2.05) is 39.9 Å². The van der Waals surface area contributed by atoms with Gasteiger partial charge in [-0.15, -0.1) is 0 Å². The van der Waals surface area contributed by atoms with Gasteiger partial charge in [0.2, 0.25) is 0 Å². The monoisotopic (exact) mass is 353 g/mol. The number of aromatic nitrogens is 2. The highest BCUT2D eigenvalue weighted by Crippen LogP contribution is 2.32. The maximum absolute atomic E-state index is 13.1. The Kier molecular flexibility index (Phi) is 3.72. The average Bonchev–Trinajstić information content (AvgIpc) is 3.10. The van der Waals surface area contributed by atoms with E-state index >= 15 is 0 Å². The van der Waals surface area contributed by atoms with Gasteiger partial charge < -0.3 is 20.3 Å². The number of carbonyl (C=O) groups excluding carboxylic acids is 1. The van der Waals surface area contributed by atoms with Crippen LogP contribution < -0.4 is 15.5 Å². The van der Waals surface area contributed by atoms with E-state index in [1.54, 1.807) is 0 Å². The zero-order chi connectivity index (χ0) is 17.6. The second-order valence-corrected chi connectivity index (χ2v) is 7.30. The summed E-state index contributed by atoms with van der Waals surface area (Å²) in [5, 5.41) is 11.4. The van der Waals surface area contributed by atoms with Crippen LogP contribution in [0.1, 0.15) is 29.0 Å². The fourth-order valence-electron chi connectivity index (χ4n) is 4.17. The Bertz CT molecular complexity index is 840. The fraction of sp³-hybridized carbons (Fsp3) is 0.474. The molecule has 2 N–H and O–H groups in total. The Morgan fingerprint density at radius 3 is 2.92 bits per heavy atom. The van der Waals surface area contributed by atoms with Gasteiger partial charge in [0.25, 0.3) is 5.91 Å². The molecular formula is C19H23N5O2. The number of para-hydroxylation sites is 2. The highest BCUT2D eigenvalue weighted by atomic mass is 16.5. The molecule has 0 bridgehead atoms. The quantitative estimate of drug-likeness (QED) is 0.815. The third-order valence-electron chi connectivity index (χ3n) is 5.65. The molecule has 1 spiro atoms. The van der Waals surface area contributed by atoms with Crippen molar-refractivity contribution in [2.45, 2.75) is 31.6 Å². The van der Waals surface area contributed by atoms with Crippen molar-refractivity contribution in [1.82, 2.24) is 15.1 Å². The number of amides is 1. The topological polar surface area (TPSA) is 71.4 Å². The summed E-state index contributed by atoms with van der Waals surface area (Å²) in [5.74, 6) is -0.0415. The largest absolute Gasteiger partial charge is 0.382 e. The van der Waals surface area contributed by atoms with Gasteiger partial charge in [0, 0.05) is 13.1 Å². The smallest absolute Gasteiger partial charge is 0.278 e. The number of rotatable bonds is 1. The molecule has 1 aromatic carbocycles. The van der Waals surface area contributed by atoms with Gasteiger partial charge >= 0.3 is 0 Å². The highest BCUT2D eigenvalue weighted by Gasteiger charge is 2.38. The first-order valence-corrected chi connectivity index (χ1v) is 9.30. The third-order valence-corrected chi connectivity index (χ3v) is 5.65. The molecule has 3 aliphatic rings. The molecule has 5 rings (SSSR count). The van der Waals surface area contributed by atoms with Gasteiger partial charge in [-0.25, -0.2) is 0 Å². The van der Waals surface area contributed by atoms with Crippen molar-refractivity contribution in [3.63, 3.8) is 0 Å². The van der Waals surface area contributed by atoms with Gasteiger partial charge in [-0.3, -0.25) is 9.48 Å². The number of piperidine rings is 1. The maximum Gasteiger partial charge on any atom is 0.278 e. The third kappa shape index (κ3) is 2.59. The van der Waals surface area contributed by atoms with Crippen molar-refractivity contribution < 1.29 is 9.53 Å². The van der Waals surface area contributed by atoms with Crippen LogP contribution in [-0.2, 0) is 17.9 Å². The molecule has 1 saturated heterocycles. The summed E-state index contributed by atoms with van der Waals surface area (Å²) in [4.78, 5) is 14.9. The number of nitrogens with one attached hydrogen (secondary N) is 2. The molecule has 0 atom stereocenters. The molecule has 26 heavy (non-hydrogen) atoms. The van der Waals surface area contributed by atoms with Crippen molar-refractivity contribution >= 4 is 17.3 Å². The normalized spacial score (nSPS) is 21.0. The van der Waals surface area contributed by atoms with Crippen LogP contribution in [0.15, 0.2) is 30.3 Å². The van der Waals surface area contributed by atoms with Crippen molar-refractivity contribution in [1.29, 1.82) is 0 Å². The molecule has 1 amide bonds. The first-order valence-electron chi connectivity index (χ1n) is 9.30. The minimum atomic E-state index is -0.133. The number of benzene rings is 1. The van der Waals surface area contributed by atoms with Crippen molar-refractivity contribution in [2.24, 2.45) is 0 Å². The molecule has 3 aliphatic heterocycles. The van der Waals surface area contributed by atoms with Gasteiger partial charge in [0.1, 0.15) is 0 Å². The highest BCUT2D eigenvalue weighted by molar-refractivity contribution is 6.07. The number of hydrogen-bond donors (Lipinski definition) is 2. The zero-order valence-electron chi connectivity index (χ0n) is 14.7. The SMILES string of the molecule is O=C(c1cc2n(n1)CC1(CCNCC1)OC2)N1CCNc2ccccc21. The predicted octanol–water partition coefficient (Wildman–Crippen LogP) is 1.61. The average molecular weight is 353 g/mol. The predicted molar refractivity (Wildman–Crippen MR) is 98.5 cm³/mol. The number of hydrogen-bond acceptors (Lipinski definition) is 5. The Balaban J connectivity index is 1.42. The lowest BCUT2D eigenvalue weighted by molar-refractivity contribution is -0.109. The summed E-state index contributed by atoms with van der Waals surface area (Å²) in [5.41, 5.74) is 3.27.